The van der Waals surface area contributed by atoms with E-state index in [1.54, 1.807) is 31.2 Å². The topological polar surface area (TPSA) is 112 Å². The molecule has 5 rings (SSSR count). The van der Waals surface area contributed by atoms with E-state index in [0.717, 1.165) is 5.56 Å². The molecule has 0 aliphatic heterocycles. The predicted molar refractivity (Wildman–Crippen MR) is 120 cm³/mol. The number of esters is 1. The molecule has 0 spiro atoms. The summed E-state index contributed by atoms with van der Waals surface area (Å²) in [6, 6.07) is 18.7. The maximum atomic E-state index is 13.0. The van der Waals surface area contributed by atoms with Gasteiger partial charge in [-0.2, -0.15) is 0 Å². The molecule has 0 bridgehead atoms. The number of nitrogens with two attached hydrogens (primary N) is 1. The Hall–Kier alpha value is -4.52. The number of aryl methyl sites for hydroxylation is 1. The molecule has 33 heavy (non-hydrogen) atoms. The standard InChI is InChI=1S/C26H18N2O5/c1-14-20(28-25(33-14)15-7-3-2-4-8-15)13-32-26(31)19-12-11-18-21(22(19)27)24(30)17-10-6-5-9-16(17)23(18)29/h2-12H,13,27H2,1H3. The number of ketones is 2. The summed E-state index contributed by atoms with van der Waals surface area (Å²) >= 11 is 0. The van der Waals surface area contributed by atoms with E-state index >= 15 is 0 Å². The molecule has 1 heterocycles. The quantitative estimate of drug-likeness (QED) is 0.328. The largest absolute Gasteiger partial charge is 0.455 e. The molecule has 0 radical (unpaired) electrons. The second-order valence-electron chi connectivity index (χ2n) is 7.62. The SMILES string of the molecule is Cc1oc(-c2ccccc2)nc1COC(=O)c1ccc2c(c1N)C(=O)c1ccccc1C2=O. The molecule has 4 aromatic rings. The van der Waals surface area contributed by atoms with E-state index in [4.69, 9.17) is 14.9 Å². The number of rotatable bonds is 4. The van der Waals surface area contributed by atoms with Crippen LogP contribution < -0.4 is 5.73 Å². The van der Waals surface area contributed by atoms with Gasteiger partial charge in [-0.3, -0.25) is 9.59 Å². The van der Waals surface area contributed by atoms with Crippen LogP contribution in [0.2, 0.25) is 0 Å². The molecule has 0 unspecified atom stereocenters. The van der Waals surface area contributed by atoms with E-state index in [1.165, 1.54) is 12.1 Å². The molecule has 7 heteroatoms. The number of fused-ring (bicyclic) bond motifs is 2. The number of nitrogen functional groups attached to an aromatic ring is 1. The van der Waals surface area contributed by atoms with Crippen LogP contribution in [0.3, 0.4) is 0 Å². The number of ether oxygens (including phenoxy) is 1. The Morgan fingerprint density at radius 3 is 2.30 bits per heavy atom. The smallest absolute Gasteiger partial charge is 0.340 e. The lowest BCUT2D eigenvalue weighted by molar-refractivity contribution is 0.0468. The fourth-order valence-corrected chi connectivity index (χ4v) is 3.87. The number of hydrogen-bond donors (Lipinski definition) is 1. The molecule has 0 amide bonds. The number of carbonyl (C=O) groups excluding carboxylic acids is 3. The van der Waals surface area contributed by atoms with Crippen molar-refractivity contribution in [1.29, 1.82) is 0 Å². The first-order valence-electron chi connectivity index (χ1n) is 10.3. The van der Waals surface area contributed by atoms with Crippen molar-refractivity contribution in [3.05, 3.63) is 106 Å². The summed E-state index contributed by atoms with van der Waals surface area (Å²) in [5.74, 6) is -0.476. The molecule has 1 aliphatic carbocycles. The van der Waals surface area contributed by atoms with Crippen LogP contribution in [0, 0.1) is 6.92 Å². The van der Waals surface area contributed by atoms with Crippen LogP contribution in [-0.2, 0) is 11.3 Å². The highest BCUT2D eigenvalue weighted by molar-refractivity contribution is 6.30. The van der Waals surface area contributed by atoms with Gasteiger partial charge in [0, 0.05) is 22.3 Å². The van der Waals surface area contributed by atoms with E-state index < -0.39 is 11.8 Å². The number of aromatic nitrogens is 1. The summed E-state index contributed by atoms with van der Waals surface area (Å²) < 4.78 is 11.1. The number of anilines is 1. The van der Waals surface area contributed by atoms with Gasteiger partial charge in [-0.1, -0.05) is 42.5 Å². The Morgan fingerprint density at radius 2 is 1.58 bits per heavy atom. The van der Waals surface area contributed by atoms with Gasteiger partial charge in [0.25, 0.3) is 0 Å². The lowest BCUT2D eigenvalue weighted by Gasteiger charge is -2.20. The summed E-state index contributed by atoms with van der Waals surface area (Å²) in [4.78, 5) is 43.0. The van der Waals surface area contributed by atoms with E-state index in [9.17, 15) is 14.4 Å². The molecule has 1 aromatic heterocycles. The summed E-state index contributed by atoms with van der Waals surface area (Å²) in [5.41, 5.74) is 8.18. The minimum absolute atomic E-state index is 0.0127. The highest BCUT2D eigenvalue weighted by Gasteiger charge is 2.33. The Morgan fingerprint density at radius 1 is 0.909 bits per heavy atom. The van der Waals surface area contributed by atoms with E-state index in [0.29, 0.717) is 22.9 Å². The van der Waals surface area contributed by atoms with Crippen molar-refractivity contribution < 1.29 is 23.5 Å². The summed E-state index contributed by atoms with van der Waals surface area (Å²) in [6.07, 6.45) is 0. The Balaban J connectivity index is 1.40. The van der Waals surface area contributed by atoms with Gasteiger partial charge >= 0.3 is 5.97 Å². The van der Waals surface area contributed by atoms with Crippen LogP contribution in [0.25, 0.3) is 11.5 Å². The third-order valence-electron chi connectivity index (χ3n) is 5.61. The van der Waals surface area contributed by atoms with Gasteiger partial charge in [-0.05, 0) is 31.2 Å². The van der Waals surface area contributed by atoms with Gasteiger partial charge in [0.1, 0.15) is 18.1 Å². The Labute approximate surface area is 188 Å². The molecule has 162 valence electrons. The molecule has 0 fully saturated rings. The highest BCUT2D eigenvalue weighted by atomic mass is 16.5. The highest BCUT2D eigenvalue weighted by Crippen LogP contribution is 2.33. The van der Waals surface area contributed by atoms with Crippen molar-refractivity contribution in [3.63, 3.8) is 0 Å². The fourth-order valence-electron chi connectivity index (χ4n) is 3.87. The summed E-state index contributed by atoms with van der Waals surface area (Å²) in [7, 11) is 0. The number of benzene rings is 3. The van der Waals surface area contributed by atoms with Gasteiger partial charge in [-0.15, -0.1) is 0 Å². The number of hydrogen-bond acceptors (Lipinski definition) is 7. The fraction of sp³-hybridized carbons (Fsp3) is 0.0769. The van der Waals surface area contributed by atoms with Crippen LogP contribution in [0.1, 0.15) is 53.7 Å². The van der Waals surface area contributed by atoms with Crippen molar-refractivity contribution in [2.45, 2.75) is 13.5 Å². The normalized spacial score (nSPS) is 12.3. The molecule has 1 aliphatic rings. The van der Waals surface area contributed by atoms with Crippen LogP contribution >= 0.6 is 0 Å². The van der Waals surface area contributed by atoms with Crippen molar-refractivity contribution in [1.82, 2.24) is 4.98 Å². The second kappa shape index (κ2) is 7.87. The minimum atomic E-state index is -0.724. The number of oxazole rings is 1. The second-order valence-corrected chi connectivity index (χ2v) is 7.62. The van der Waals surface area contributed by atoms with Crippen LogP contribution in [0.4, 0.5) is 5.69 Å². The molecular weight excluding hydrogens is 420 g/mol. The van der Waals surface area contributed by atoms with Gasteiger partial charge in [0.2, 0.25) is 5.89 Å². The van der Waals surface area contributed by atoms with E-state index in [-0.39, 0.29) is 40.3 Å². The molecule has 0 saturated heterocycles. The van der Waals surface area contributed by atoms with E-state index in [1.807, 2.05) is 30.3 Å². The van der Waals surface area contributed by atoms with Gasteiger partial charge in [-0.25, -0.2) is 9.78 Å². The first kappa shape index (κ1) is 20.4. The van der Waals surface area contributed by atoms with Crippen LogP contribution in [-0.4, -0.2) is 22.5 Å². The average molecular weight is 438 g/mol. The molecule has 3 aromatic carbocycles. The average Bonchev–Trinajstić information content (AvgIpc) is 3.22. The maximum absolute atomic E-state index is 13.0. The third-order valence-corrected chi connectivity index (χ3v) is 5.61. The first-order chi connectivity index (χ1) is 16.0. The Kier molecular flexibility index (Phi) is 4.86. The minimum Gasteiger partial charge on any atom is -0.455 e. The van der Waals surface area contributed by atoms with E-state index in [2.05, 4.69) is 4.98 Å². The first-order valence-corrected chi connectivity index (χ1v) is 10.3. The lowest BCUT2D eigenvalue weighted by atomic mass is 9.82. The molecule has 7 nitrogen and oxygen atoms in total. The number of carbonyl (C=O) groups is 3. The maximum Gasteiger partial charge on any atom is 0.340 e. The van der Waals surface area contributed by atoms with Crippen molar-refractivity contribution in [2.75, 3.05) is 5.73 Å². The van der Waals surface area contributed by atoms with Crippen molar-refractivity contribution >= 4 is 23.2 Å². The molecule has 2 N–H and O–H groups in total. The number of nitrogens with zero attached hydrogens (tertiary/aromatic N) is 1. The molecule has 0 atom stereocenters. The lowest BCUT2D eigenvalue weighted by Crippen LogP contribution is -2.24. The van der Waals surface area contributed by atoms with Gasteiger partial charge in [0.15, 0.2) is 11.6 Å². The zero-order valence-electron chi connectivity index (χ0n) is 17.6. The zero-order valence-corrected chi connectivity index (χ0v) is 17.6. The predicted octanol–water partition coefficient (Wildman–Crippen LogP) is 4.36. The summed E-state index contributed by atoms with van der Waals surface area (Å²) in [6.45, 7) is 1.60. The molecule has 0 saturated carbocycles. The van der Waals surface area contributed by atoms with Crippen LogP contribution in [0.15, 0.2) is 71.1 Å². The van der Waals surface area contributed by atoms with Gasteiger partial charge < -0.3 is 14.9 Å². The van der Waals surface area contributed by atoms with Crippen molar-refractivity contribution in [3.8, 4) is 11.5 Å². The third kappa shape index (κ3) is 3.40. The summed E-state index contributed by atoms with van der Waals surface area (Å²) in [5, 5.41) is 0. The zero-order chi connectivity index (χ0) is 23.1. The van der Waals surface area contributed by atoms with Crippen LogP contribution in [0.5, 0.6) is 0 Å². The van der Waals surface area contributed by atoms with Gasteiger partial charge in [0.05, 0.1) is 16.8 Å². The van der Waals surface area contributed by atoms with Crippen molar-refractivity contribution in [2.24, 2.45) is 0 Å². The Bertz CT molecular complexity index is 1440. The monoisotopic (exact) mass is 438 g/mol. The molecular formula is C26H18N2O5.